The first-order chi connectivity index (χ1) is 9.27. The summed E-state index contributed by atoms with van der Waals surface area (Å²) in [6.45, 7) is 7.92. The molecule has 5 heteroatoms. The average Bonchev–Trinajstić information content (AvgIpc) is 2.80. The molecule has 19 heavy (non-hydrogen) atoms. The summed E-state index contributed by atoms with van der Waals surface area (Å²) in [4.78, 5) is 0. The Balaban J connectivity index is 2.45. The molecule has 0 unspecified atom stereocenters. The molecule has 0 bridgehead atoms. The van der Waals surface area contributed by atoms with E-state index in [1.165, 1.54) is 17.8 Å². The molecule has 0 aliphatic heterocycles. The molecule has 2 rings (SSSR count). The standard InChI is InChI=1S/C14H14FN3S/c1-3-9-18-13(11-7-5-6-8-12(11)15)16-17-14(18)19-10-4-2/h3-8H,1-2,9-10H2. The van der Waals surface area contributed by atoms with Gasteiger partial charge >= 0.3 is 0 Å². The van der Waals surface area contributed by atoms with E-state index in [9.17, 15) is 4.39 Å². The van der Waals surface area contributed by atoms with E-state index in [2.05, 4.69) is 23.4 Å². The van der Waals surface area contributed by atoms with Crippen molar-refractivity contribution in [1.82, 2.24) is 14.8 Å². The normalized spacial score (nSPS) is 10.4. The summed E-state index contributed by atoms with van der Waals surface area (Å²) in [5.41, 5.74) is 0.447. The van der Waals surface area contributed by atoms with Crippen LogP contribution >= 0.6 is 11.8 Å². The molecule has 0 radical (unpaired) electrons. The molecule has 0 saturated heterocycles. The zero-order chi connectivity index (χ0) is 13.7. The number of nitrogens with zero attached hydrogens (tertiary/aromatic N) is 3. The molecule has 3 nitrogen and oxygen atoms in total. The van der Waals surface area contributed by atoms with E-state index < -0.39 is 0 Å². The molecule has 2 aromatic rings. The topological polar surface area (TPSA) is 30.7 Å². The largest absolute Gasteiger partial charge is 0.298 e. The van der Waals surface area contributed by atoms with Crippen LogP contribution in [-0.4, -0.2) is 20.5 Å². The number of hydrogen-bond donors (Lipinski definition) is 0. The van der Waals surface area contributed by atoms with Gasteiger partial charge in [-0.3, -0.25) is 4.57 Å². The Morgan fingerprint density at radius 1 is 1.21 bits per heavy atom. The van der Waals surface area contributed by atoms with Crippen LogP contribution in [0.25, 0.3) is 11.4 Å². The summed E-state index contributed by atoms with van der Waals surface area (Å²) < 4.78 is 15.7. The number of aromatic nitrogens is 3. The van der Waals surface area contributed by atoms with E-state index in [4.69, 9.17) is 0 Å². The van der Waals surface area contributed by atoms with Gasteiger partial charge in [0.2, 0.25) is 0 Å². The Morgan fingerprint density at radius 3 is 2.68 bits per heavy atom. The summed E-state index contributed by atoms with van der Waals surface area (Å²) in [5, 5.41) is 8.93. The van der Waals surface area contributed by atoms with Crippen molar-refractivity contribution >= 4 is 11.8 Å². The molecule has 0 atom stereocenters. The van der Waals surface area contributed by atoms with Gasteiger partial charge in [-0.2, -0.15) is 0 Å². The first kappa shape index (κ1) is 13.5. The Morgan fingerprint density at radius 2 is 2.00 bits per heavy atom. The number of thioether (sulfide) groups is 1. The molecule has 0 aliphatic carbocycles. The molecular weight excluding hydrogens is 261 g/mol. The SMILES string of the molecule is C=CCSc1nnc(-c2ccccc2F)n1CC=C. The lowest BCUT2D eigenvalue weighted by atomic mass is 10.2. The monoisotopic (exact) mass is 275 g/mol. The zero-order valence-electron chi connectivity index (χ0n) is 10.4. The maximum absolute atomic E-state index is 13.8. The van der Waals surface area contributed by atoms with Gasteiger partial charge in [-0.25, -0.2) is 4.39 Å². The van der Waals surface area contributed by atoms with Crippen LogP contribution in [0.15, 0.2) is 54.7 Å². The third-order valence-corrected chi connectivity index (χ3v) is 3.44. The maximum atomic E-state index is 13.8. The van der Waals surface area contributed by atoms with Crippen molar-refractivity contribution < 1.29 is 4.39 Å². The van der Waals surface area contributed by atoms with Gasteiger partial charge < -0.3 is 0 Å². The van der Waals surface area contributed by atoms with Crippen LogP contribution in [0.4, 0.5) is 4.39 Å². The highest BCUT2D eigenvalue weighted by Crippen LogP contribution is 2.25. The minimum absolute atomic E-state index is 0.305. The van der Waals surface area contributed by atoms with Crippen molar-refractivity contribution in [2.45, 2.75) is 11.7 Å². The van der Waals surface area contributed by atoms with Crippen molar-refractivity contribution in [2.24, 2.45) is 0 Å². The van der Waals surface area contributed by atoms with Crippen LogP contribution in [0.1, 0.15) is 0 Å². The zero-order valence-corrected chi connectivity index (χ0v) is 11.2. The molecule has 1 heterocycles. The van der Waals surface area contributed by atoms with Crippen LogP contribution in [0.2, 0.25) is 0 Å². The van der Waals surface area contributed by atoms with Crippen molar-refractivity contribution in [3.05, 3.63) is 55.4 Å². The first-order valence-corrected chi connectivity index (χ1v) is 6.79. The van der Waals surface area contributed by atoms with E-state index in [1.807, 2.05) is 4.57 Å². The second-order valence-corrected chi connectivity index (χ2v) is 4.77. The highest BCUT2D eigenvalue weighted by molar-refractivity contribution is 7.99. The third-order valence-electron chi connectivity index (χ3n) is 2.47. The van der Waals surface area contributed by atoms with Crippen LogP contribution < -0.4 is 0 Å². The molecule has 0 amide bonds. The molecular formula is C14H14FN3S. The minimum Gasteiger partial charge on any atom is -0.298 e. The van der Waals surface area contributed by atoms with Gasteiger partial charge in [-0.15, -0.1) is 23.4 Å². The second kappa shape index (κ2) is 6.33. The molecule has 0 fully saturated rings. The summed E-state index contributed by atoms with van der Waals surface area (Å²) >= 11 is 1.51. The van der Waals surface area contributed by atoms with Crippen LogP contribution in [-0.2, 0) is 6.54 Å². The molecule has 98 valence electrons. The molecule has 0 saturated carbocycles. The summed E-state index contributed by atoms with van der Waals surface area (Å²) in [6.07, 6.45) is 3.53. The Bertz CT molecular complexity index is 592. The lowest BCUT2D eigenvalue weighted by Crippen LogP contribution is -2.01. The van der Waals surface area contributed by atoms with E-state index in [0.29, 0.717) is 17.9 Å². The number of benzene rings is 1. The van der Waals surface area contributed by atoms with Crippen molar-refractivity contribution in [3.8, 4) is 11.4 Å². The average molecular weight is 275 g/mol. The fourth-order valence-corrected chi connectivity index (χ4v) is 2.35. The van der Waals surface area contributed by atoms with Gasteiger partial charge in [0.05, 0.1) is 5.56 Å². The minimum atomic E-state index is -0.305. The highest BCUT2D eigenvalue weighted by atomic mass is 32.2. The first-order valence-electron chi connectivity index (χ1n) is 5.80. The summed E-state index contributed by atoms with van der Waals surface area (Å²) in [7, 11) is 0. The Labute approximate surface area is 115 Å². The van der Waals surface area contributed by atoms with Crippen molar-refractivity contribution in [1.29, 1.82) is 0 Å². The third kappa shape index (κ3) is 2.93. The van der Waals surface area contributed by atoms with E-state index in [1.54, 1.807) is 30.4 Å². The van der Waals surface area contributed by atoms with Crippen LogP contribution in [0.3, 0.4) is 0 Å². The van der Waals surface area contributed by atoms with E-state index in [0.717, 1.165) is 10.9 Å². The van der Waals surface area contributed by atoms with Gasteiger partial charge in [-0.1, -0.05) is 36.0 Å². The maximum Gasteiger partial charge on any atom is 0.192 e. The second-order valence-electron chi connectivity index (χ2n) is 3.78. The number of halogens is 1. The van der Waals surface area contributed by atoms with Gasteiger partial charge in [-0.05, 0) is 12.1 Å². The summed E-state index contributed by atoms with van der Waals surface area (Å²) in [6, 6.07) is 6.54. The highest BCUT2D eigenvalue weighted by Gasteiger charge is 2.15. The summed E-state index contributed by atoms with van der Waals surface area (Å²) in [5.74, 6) is 0.942. The Kier molecular flexibility index (Phi) is 4.52. The molecule has 0 N–H and O–H groups in total. The van der Waals surface area contributed by atoms with Gasteiger partial charge in [0, 0.05) is 12.3 Å². The predicted octanol–water partition coefficient (Wildman–Crippen LogP) is 3.55. The molecule has 1 aromatic carbocycles. The lowest BCUT2D eigenvalue weighted by molar-refractivity contribution is 0.626. The van der Waals surface area contributed by atoms with Crippen molar-refractivity contribution in [2.75, 3.05) is 5.75 Å². The van der Waals surface area contributed by atoms with Gasteiger partial charge in [0.15, 0.2) is 11.0 Å². The number of hydrogen-bond acceptors (Lipinski definition) is 3. The number of allylic oxidation sites excluding steroid dienone is 1. The fourth-order valence-electron chi connectivity index (χ4n) is 1.66. The Hall–Kier alpha value is -1.88. The smallest absolute Gasteiger partial charge is 0.192 e. The lowest BCUT2D eigenvalue weighted by Gasteiger charge is -2.07. The molecule has 0 spiro atoms. The van der Waals surface area contributed by atoms with Crippen molar-refractivity contribution in [3.63, 3.8) is 0 Å². The van der Waals surface area contributed by atoms with Crippen LogP contribution in [0.5, 0.6) is 0 Å². The molecule has 0 aliphatic rings. The van der Waals surface area contributed by atoms with E-state index in [-0.39, 0.29) is 5.82 Å². The number of rotatable bonds is 6. The quantitative estimate of drug-likeness (QED) is 0.596. The fraction of sp³-hybridized carbons (Fsp3) is 0.143. The van der Waals surface area contributed by atoms with Gasteiger partial charge in [0.1, 0.15) is 5.82 Å². The van der Waals surface area contributed by atoms with E-state index >= 15 is 0 Å². The molecule has 1 aromatic heterocycles. The predicted molar refractivity (Wildman–Crippen MR) is 76.5 cm³/mol. The van der Waals surface area contributed by atoms with Gasteiger partial charge in [0.25, 0.3) is 0 Å². The van der Waals surface area contributed by atoms with Crippen LogP contribution in [0, 0.1) is 5.82 Å².